The van der Waals surface area contributed by atoms with Crippen molar-refractivity contribution in [2.45, 2.75) is 20.0 Å². The van der Waals surface area contributed by atoms with E-state index in [4.69, 9.17) is 10.5 Å². The van der Waals surface area contributed by atoms with Crippen LogP contribution in [0.3, 0.4) is 0 Å². The second-order valence-electron chi connectivity index (χ2n) is 4.29. The van der Waals surface area contributed by atoms with Crippen molar-refractivity contribution in [3.63, 3.8) is 0 Å². The van der Waals surface area contributed by atoms with Gasteiger partial charge < -0.3 is 15.8 Å². The molecule has 0 saturated carbocycles. The van der Waals surface area contributed by atoms with Gasteiger partial charge in [-0.1, -0.05) is 11.8 Å². The number of hydrogen-bond donors (Lipinski definition) is 2. The largest absolute Gasteiger partial charge is 0.380 e. The fourth-order valence-electron chi connectivity index (χ4n) is 1.51. The van der Waals surface area contributed by atoms with Crippen molar-refractivity contribution in [3.05, 3.63) is 34.9 Å². The molecular weight excluding hydrogens is 240 g/mol. The lowest BCUT2D eigenvalue weighted by molar-refractivity contribution is 0.0870. The number of hydrogen-bond acceptors (Lipinski definition) is 3. The molecule has 0 aliphatic carbocycles. The maximum Gasteiger partial charge on any atom is 0.251 e. The summed E-state index contributed by atoms with van der Waals surface area (Å²) >= 11 is 0. The number of aryl methyl sites for hydroxylation is 1. The van der Waals surface area contributed by atoms with E-state index in [1.807, 2.05) is 26.0 Å². The summed E-state index contributed by atoms with van der Waals surface area (Å²) in [6, 6.07) is 5.43. The number of rotatable bonds is 4. The van der Waals surface area contributed by atoms with Gasteiger partial charge >= 0.3 is 0 Å². The molecule has 0 radical (unpaired) electrons. The van der Waals surface area contributed by atoms with Crippen LogP contribution < -0.4 is 11.1 Å². The van der Waals surface area contributed by atoms with Crippen LogP contribution in [-0.4, -0.2) is 32.2 Å². The summed E-state index contributed by atoms with van der Waals surface area (Å²) < 4.78 is 5.08. The number of ether oxygens (including phenoxy) is 1. The molecule has 1 rings (SSSR count). The predicted molar refractivity (Wildman–Crippen MR) is 75.9 cm³/mol. The Balaban J connectivity index is 2.74. The highest BCUT2D eigenvalue weighted by atomic mass is 16.5. The maximum atomic E-state index is 11.9. The Bertz CT molecular complexity index is 501. The van der Waals surface area contributed by atoms with Crippen LogP contribution >= 0.6 is 0 Å². The van der Waals surface area contributed by atoms with Gasteiger partial charge in [0.1, 0.15) is 0 Å². The highest BCUT2D eigenvalue weighted by Crippen LogP contribution is 2.10. The van der Waals surface area contributed by atoms with Crippen molar-refractivity contribution in [2.24, 2.45) is 5.73 Å². The summed E-state index contributed by atoms with van der Waals surface area (Å²) in [5, 5.41) is 2.82. The summed E-state index contributed by atoms with van der Waals surface area (Å²) in [5.41, 5.74) is 7.82. The summed E-state index contributed by atoms with van der Waals surface area (Å²) in [6.45, 7) is 4.64. The standard InChI is InChI=1S/C15H20N2O2/c1-11-9-14(7-6-13(11)5-4-8-16)15(18)17-10-12(2)19-3/h6-7,9,12H,8,10,16H2,1-3H3,(H,17,18). The second-order valence-corrected chi connectivity index (χ2v) is 4.29. The molecule has 0 aliphatic rings. The summed E-state index contributed by atoms with van der Waals surface area (Å²) in [6.07, 6.45) is -0.000240. The minimum atomic E-state index is -0.106. The predicted octanol–water partition coefficient (Wildman–Crippen LogP) is 1.07. The molecule has 0 spiro atoms. The molecule has 1 aromatic rings. The van der Waals surface area contributed by atoms with Crippen molar-refractivity contribution in [1.82, 2.24) is 5.32 Å². The third-order valence-electron chi connectivity index (χ3n) is 2.77. The van der Waals surface area contributed by atoms with Crippen molar-refractivity contribution in [3.8, 4) is 11.8 Å². The van der Waals surface area contributed by atoms with Gasteiger partial charge in [0.15, 0.2) is 0 Å². The van der Waals surface area contributed by atoms with E-state index in [1.165, 1.54) is 0 Å². The molecule has 1 aromatic carbocycles. The molecule has 102 valence electrons. The summed E-state index contributed by atoms with van der Waals surface area (Å²) in [4.78, 5) is 11.9. The summed E-state index contributed by atoms with van der Waals surface area (Å²) in [7, 11) is 1.62. The number of amides is 1. The van der Waals surface area contributed by atoms with Gasteiger partial charge in [0, 0.05) is 24.8 Å². The molecule has 1 atom stereocenters. The minimum absolute atomic E-state index is 0.000240. The van der Waals surface area contributed by atoms with Gasteiger partial charge in [0.2, 0.25) is 0 Å². The Kier molecular flexibility index (Phi) is 6.07. The van der Waals surface area contributed by atoms with Crippen LogP contribution in [0.2, 0.25) is 0 Å². The van der Waals surface area contributed by atoms with E-state index >= 15 is 0 Å². The Hall–Kier alpha value is -1.83. The average molecular weight is 260 g/mol. The zero-order valence-corrected chi connectivity index (χ0v) is 11.6. The van der Waals surface area contributed by atoms with Gasteiger partial charge in [-0.3, -0.25) is 4.79 Å². The quantitative estimate of drug-likeness (QED) is 0.796. The van der Waals surface area contributed by atoms with E-state index in [0.29, 0.717) is 18.7 Å². The van der Waals surface area contributed by atoms with Crippen LogP contribution in [0.4, 0.5) is 0 Å². The number of methoxy groups -OCH3 is 1. The maximum absolute atomic E-state index is 11.9. The van der Waals surface area contributed by atoms with Crippen LogP contribution in [0.1, 0.15) is 28.4 Å². The molecule has 0 heterocycles. The number of benzene rings is 1. The Morgan fingerprint density at radius 1 is 1.53 bits per heavy atom. The van der Waals surface area contributed by atoms with E-state index in [9.17, 15) is 4.79 Å². The lowest BCUT2D eigenvalue weighted by Crippen LogP contribution is -2.31. The Morgan fingerprint density at radius 3 is 2.84 bits per heavy atom. The first-order valence-corrected chi connectivity index (χ1v) is 6.19. The first-order chi connectivity index (χ1) is 9.08. The van der Waals surface area contributed by atoms with E-state index in [1.54, 1.807) is 13.2 Å². The molecule has 1 amide bonds. The van der Waals surface area contributed by atoms with Gasteiger partial charge in [0.05, 0.1) is 12.6 Å². The van der Waals surface area contributed by atoms with Crippen molar-refractivity contribution < 1.29 is 9.53 Å². The van der Waals surface area contributed by atoms with Gasteiger partial charge in [-0.05, 0) is 37.6 Å². The molecule has 0 saturated heterocycles. The Labute approximate surface area is 114 Å². The SMILES string of the molecule is COC(C)CNC(=O)c1ccc(C#CCN)c(C)c1. The number of nitrogens with two attached hydrogens (primary N) is 1. The topological polar surface area (TPSA) is 64.3 Å². The van der Waals surface area contributed by atoms with Crippen LogP contribution in [0.5, 0.6) is 0 Å². The molecule has 1 unspecified atom stereocenters. The molecule has 0 aliphatic heterocycles. The normalized spacial score (nSPS) is 11.4. The van der Waals surface area contributed by atoms with Crippen LogP contribution in [0.25, 0.3) is 0 Å². The first-order valence-electron chi connectivity index (χ1n) is 6.19. The van der Waals surface area contributed by atoms with Gasteiger partial charge in [-0.2, -0.15) is 0 Å². The smallest absolute Gasteiger partial charge is 0.251 e. The lowest BCUT2D eigenvalue weighted by Gasteiger charge is -2.11. The molecule has 0 fully saturated rings. The van der Waals surface area contributed by atoms with Crippen LogP contribution in [0, 0.1) is 18.8 Å². The van der Waals surface area contributed by atoms with Gasteiger partial charge in [-0.25, -0.2) is 0 Å². The third-order valence-corrected chi connectivity index (χ3v) is 2.77. The number of nitrogens with one attached hydrogen (secondary N) is 1. The van der Waals surface area contributed by atoms with Crippen LogP contribution in [0.15, 0.2) is 18.2 Å². The van der Waals surface area contributed by atoms with E-state index in [-0.39, 0.29) is 12.0 Å². The van der Waals surface area contributed by atoms with Crippen molar-refractivity contribution in [1.29, 1.82) is 0 Å². The third kappa shape index (κ3) is 4.74. The molecule has 0 aromatic heterocycles. The number of carbonyl (C=O) groups is 1. The Morgan fingerprint density at radius 2 is 2.26 bits per heavy atom. The molecule has 0 bridgehead atoms. The van der Waals surface area contributed by atoms with E-state index < -0.39 is 0 Å². The van der Waals surface area contributed by atoms with Gasteiger partial charge in [0.25, 0.3) is 5.91 Å². The molecule has 19 heavy (non-hydrogen) atoms. The molecule has 3 N–H and O–H groups in total. The van der Waals surface area contributed by atoms with Gasteiger partial charge in [-0.15, -0.1) is 0 Å². The zero-order valence-electron chi connectivity index (χ0n) is 11.6. The molecule has 4 heteroatoms. The fourth-order valence-corrected chi connectivity index (χ4v) is 1.51. The lowest BCUT2D eigenvalue weighted by atomic mass is 10.0. The summed E-state index contributed by atoms with van der Waals surface area (Å²) in [5.74, 6) is 5.67. The second kappa shape index (κ2) is 7.57. The minimum Gasteiger partial charge on any atom is -0.380 e. The molecule has 4 nitrogen and oxygen atoms in total. The molecular formula is C15H20N2O2. The first kappa shape index (κ1) is 15.2. The fraction of sp³-hybridized carbons (Fsp3) is 0.400. The zero-order chi connectivity index (χ0) is 14.3. The van der Waals surface area contributed by atoms with Crippen molar-refractivity contribution in [2.75, 3.05) is 20.2 Å². The number of carbonyl (C=O) groups excluding carboxylic acids is 1. The van der Waals surface area contributed by atoms with E-state index in [2.05, 4.69) is 17.2 Å². The van der Waals surface area contributed by atoms with E-state index in [0.717, 1.165) is 11.1 Å². The monoisotopic (exact) mass is 260 g/mol. The van der Waals surface area contributed by atoms with Crippen LogP contribution in [-0.2, 0) is 4.74 Å². The highest BCUT2D eigenvalue weighted by Gasteiger charge is 2.08. The highest BCUT2D eigenvalue weighted by molar-refractivity contribution is 5.94. The average Bonchev–Trinajstić information content (AvgIpc) is 2.42. The van der Waals surface area contributed by atoms with Crippen molar-refractivity contribution >= 4 is 5.91 Å².